The first-order valence-corrected chi connectivity index (χ1v) is 8.11. The molecule has 2 aromatic rings. The van der Waals surface area contributed by atoms with Crippen LogP contribution in [0.4, 0.5) is 5.13 Å². The molecular weight excluding hydrogens is 408 g/mol. The summed E-state index contributed by atoms with van der Waals surface area (Å²) >= 11 is 8.42. The predicted molar refractivity (Wildman–Crippen MR) is 88.2 cm³/mol. The van der Waals surface area contributed by atoms with Crippen molar-refractivity contribution in [2.45, 2.75) is 0 Å². The molecular formula is C13H12Br2N2O2S. The number of likely N-dealkylation sites (N-methyl/N-ethyl adjacent to an activating group) is 1. The zero-order chi connectivity index (χ0) is 14.7. The zero-order valence-corrected chi connectivity index (χ0v) is 14.9. The highest BCUT2D eigenvalue weighted by Gasteiger charge is 2.16. The molecule has 0 bridgehead atoms. The van der Waals surface area contributed by atoms with Crippen molar-refractivity contribution in [3.05, 3.63) is 32.5 Å². The number of hydrogen-bond donors (Lipinski definition) is 0. The molecule has 0 radical (unpaired) electrons. The monoisotopic (exact) mass is 418 g/mol. The van der Waals surface area contributed by atoms with E-state index in [0.717, 1.165) is 24.6 Å². The Labute approximate surface area is 138 Å². The number of methoxy groups -OCH3 is 1. The molecule has 0 spiro atoms. The molecule has 0 aliphatic rings. The van der Waals surface area contributed by atoms with Crippen LogP contribution in [-0.4, -0.2) is 31.7 Å². The third-order valence-electron chi connectivity index (χ3n) is 2.61. The molecule has 0 N–H and O–H groups in total. The molecule has 0 amide bonds. The first-order valence-electron chi connectivity index (χ1n) is 5.71. The molecule has 0 saturated heterocycles. The third-order valence-corrected chi connectivity index (χ3v) is 4.96. The van der Waals surface area contributed by atoms with Gasteiger partial charge in [0.25, 0.3) is 0 Å². The van der Waals surface area contributed by atoms with Gasteiger partial charge in [-0.25, -0.2) is 4.98 Å². The lowest BCUT2D eigenvalue weighted by molar-refractivity contribution is -0.138. The molecule has 4 nitrogen and oxygen atoms in total. The third kappa shape index (κ3) is 3.59. The van der Waals surface area contributed by atoms with Crippen molar-refractivity contribution in [1.29, 1.82) is 0 Å². The smallest absolute Gasteiger partial charge is 0.325 e. The van der Waals surface area contributed by atoms with Gasteiger partial charge in [-0.3, -0.25) is 4.79 Å². The lowest BCUT2D eigenvalue weighted by atomic mass is 10.2. The molecule has 7 heteroatoms. The second-order valence-electron chi connectivity index (χ2n) is 4.06. The first kappa shape index (κ1) is 15.5. The van der Waals surface area contributed by atoms with Crippen molar-refractivity contribution in [3.63, 3.8) is 0 Å². The van der Waals surface area contributed by atoms with Gasteiger partial charge < -0.3 is 9.64 Å². The Morgan fingerprint density at radius 3 is 2.60 bits per heavy atom. The van der Waals surface area contributed by atoms with Gasteiger partial charge in [0.15, 0.2) is 5.13 Å². The first-order chi connectivity index (χ1) is 9.51. The average molecular weight is 420 g/mol. The predicted octanol–water partition coefficient (Wildman–Crippen LogP) is 3.94. The summed E-state index contributed by atoms with van der Waals surface area (Å²) in [7, 11) is 3.19. The molecule has 1 aromatic carbocycles. The summed E-state index contributed by atoms with van der Waals surface area (Å²) in [5, 5.41) is 0.764. The van der Waals surface area contributed by atoms with Crippen LogP contribution >= 0.6 is 43.2 Å². The number of aromatic nitrogens is 1. The Morgan fingerprint density at radius 1 is 1.35 bits per heavy atom. The van der Waals surface area contributed by atoms with Gasteiger partial charge in [0.2, 0.25) is 0 Å². The van der Waals surface area contributed by atoms with E-state index in [0.29, 0.717) is 0 Å². The normalized spacial score (nSPS) is 10.4. The van der Waals surface area contributed by atoms with Crippen LogP contribution in [0.3, 0.4) is 0 Å². The minimum absolute atomic E-state index is 0.177. The number of benzene rings is 1. The van der Waals surface area contributed by atoms with Crippen molar-refractivity contribution >= 4 is 54.3 Å². The van der Waals surface area contributed by atoms with Gasteiger partial charge in [0.1, 0.15) is 6.54 Å². The molecule has 106 valence electrons. The van der Waals surface area contributed by atoms with E-state index in [4.69, 9.17) is 0 Å². The van der Waals surface area contributed by atoms with E-state index in [-0.39, 0.29) is 12.5 Å². The molecule has 1 aromatic heterocycles. The second kappa shape index (κ2) is 6.69. The molecule has 1 heterocycles. The largest absolute Gasteiger partial charge is 0.468 e. The van der Waals surface area contributed by atoms with Crippen LogP contribution in [0.15, 0.2) is 32.5 Å². The van der Waals surface area contributed by atoms with Crippen molar-refractivity contribution in [2.24, 2.45) is 0 Å². The fraction of sp³-hybridized carbons (Fsp3) is 0.231. The molecule has 2 rings (SSSR count). The standard InChI is InChI=1S/C13H12Br2N2O2S/c1-17(7-10(18)19-2)13-16-11(12(15)20-13)8-3-5-9(14)6-4-8/h3-6H,7H2,1-2H3. The highest BCUT2D eigenvalue weighted by Crippen LogP contribution is 2.37. The second-order valence-corrected chi connectivity index (χ2v) is 7.27. The van der Waals surface area contributed by atoms with Gasteiger partial charge in [-0.2, -0.15) is 0 Å². The summed E-state index contributed by atoms with van der Waals surface area (Å²) in [5.41, 5.74) is 1.89. The Morgan fingerprint density at radius 2 is 2.00 bits per heavy atom. The van der Waals surface area contributed by atoms with Crippen LogP contribution in [0, 0.1) is 0 Å². The quantitative estimate of drug-likeness (QED) is 0.703. The van der Waals surface area contributed by atoms with Crippen molar-refractivity contribution < 1.29 is 9.53 Å². The van der Waals surface area contributed by atoms with Crippen LogP contribution in [0.25, 0.3) is 11.3 Å². The number of ether oxygens (including phenoxy) is 1. The lowest BCUT2D eigenvalue weighted by Gasteiger charge is -2.13. The number of rotatable bonds is 4. The van der Waals surface area contributed by atoms with E-state index in [1.807, 2.05) is 31.3 Å². The molecule has 0 saturated carbocycles. The summed E-state index contributed by atoms with van der Waals surface area (Å²) in [6.45, 7) is 0.177. The van der Waals surface area contributed by atoms with Crippen LogP contribution < -0.4 is 4.90 Å². The SMILES string of the molecule is COC(=O)CN(C)c1nc(-c2ccc(Br)cc2)c(Br)s1. The van der Waals surface area contributed by atoms with E-state index in [1.54, 1.807) is 4.90 Å². The Hall–Kier alpha value is -0.920. The molecule has 0 aliphatic heterocycles. The maximum atomic E-state index is 11.3. The molecule has 0 aliphatic carbocycles. The highest BCUT2D eigenvalue weighted by atomic mass is 79.9. The summed E-state index contributed by atoms with van der Waals surface area (Å²) in [6, 6.07) is 7.93. The van der Waals surface area contributed by atoms with Crippen molar-refractivity contribution in [3.8, 4) is 11.3 Å². The Kier molecular flexibility index (Phi) is 5.17. The number of carbonyl (C=O) groups is 1. The van der Waals surface area contributed by atoms with E-state index in [2.05, 4.69) is 41.6 Å². The van der Waals surface area contributed by atoms with E-state index >= 15 is 0 Å². The zero-order valence-electron chi connectivity index (χ0n) is 10.9. The maximum Gasteiger partial charge on any atom is 0.325 e. The maximum absolute atomic E-state index is 11.3. The van der Waals surface area contributed by atoms with Gasteiger partial charge >= 0.3 is 5.97 Å². The van der Waals surface area contributed by atoms with Crippen molar-refractivity contribution in [2.75, 3.05) is 25.6 Å². The molecule has 0 unspecified atom stereocenters. The number of halogens is 2. The lowest BCUT2D eigenvalue weighted by Crippen LogP contribution is -2.26. The molecule has 0 atom stereocenters. The Bertz CT molecular complexity index is 613. The summed E-state index contributed by atoms with van der Waals surface area (Å²) in [5.74, 6) is -0.288. The average Bonchev–Trinajstić information content (AvgIpc) is 2.81. The van der Waals surface area contributed by atoms with Crippen LogP contribution in [0.2, 0.25) is 0 Å². The van der Waals surface area contributed by atoms with Crippen LogP contribution in [0.1, 0.15) is 0 Å². The minimum Gasteiger partial charge on any atom is -0.468 e. The van der Waals surface area contributed by atoms with Crippen LogP contribution in [-0.2, 0) is 9.53 Å². The van der Waals surface area contributed by atoms with Crippen LogP contribution in [0.5, 0.6) is 0 Å². The minimum atomic E-state index is -0.288. The van der Waals surface area contributed by atoms with Gasteiger partial charge in [0, 0.05) is 17.1 Å². The van der Waals surface area contributed by atoms with Gasteiger partial charge in [-0.1, -0.05) is 39.4 Å². The number of nitrogens with zero attached hydrogens (tertiary/aromatic N) is 2. The Balaban J connectivity index is 2.25. The highest BCUT2D eigenvalue weighted by molar-refractivity contribution is 9.11. The summed E-state index contributed by atoms with van der Waals surface area (Å²) < 4.78 is 6.62. The topological polar surface area (TPSA) is 42.4 Å². The van der Waals surface area contributed by atoms with E-state index < -0.39 is 0 Å². The molecule has 20 heavy (non-hydrogen) atoms. The van der Waals surface area contributed by atoms with Gasteiger partial charge in [0.05, 0.1) is 16.6 Å². The van der Waals surface area contributed by atoms with Gasteiger partial charge in [-0.05, 0) is 28.1 Å². The number of esters is 1. The fourth-order valence-electron chi connectivity index (χ4n) is 1.57. The summed E-state index contributed by atoms with van der Waals surface area (Å²) in [6.07, 6.45) is 0. The number of thiazole rings is 1. The number of hydrogen-bond acceptors (Lipinski definition) is 5. The van der Waals surface area contributed by atoms with Crippen molar-refractivity contribution in [1.82, 2.24) is 4.98 Å². The number of anilines is 1. The summed E-state index contributed by atoms with van der Waals surface area (Å²) in [4.78, 5) is 17.6. The van der Waals surface area contributed by atoms with E-state index in [9.17, 15) is 4.79 Å². The fourth-order valence-corrected chi connectivity index (χ4v) is 3.36. The van der Waals surface area contributed by atoms with Gasteiger partial charge in [-0.15, -0.1) is 0 Å². The molecule has 0 fully saturated rings. The van der Waals surface area contributed by atoms with E-state index in [1.165, 1.54) is 18.4 Å². The number of carbonyl (C=O) groups excluding carboxylic acids is 1.